The van der Waals surface area contributed by atoms with Crippen molar-refractivity contribution in [1.29, 1.82) is 0 Å². The Morgan fingerprint density at radius 1 is 1.13 bits per heavy atom. The van der Waals surface area contributed by atoms with Gasteiger partial charge in [0, 0.05) is 28.0 Å². The quantitative estimate of drug-likeness (QED) is 0.449. The number of nitrogens with zero attached hydrogens (tertiary/aromatic N) is 6. The summed E-state index contributed by atoms with van der Waals surface area (Å²) in [6, 6.07) is 8.55. The highest BCUT2D eigenvalue weighted by molar-refractivity contribution is 7.15. The SMILES string of the molecule is Cc1cc(C)n(C(C)c2nnc(Nc3cc(C)n(Cc4c(F)cccc4Cl)n3)s2)n1. The maximum absolute atomic E-state index is 14.1. The maximum atomic E-state index is 14.1. The highest BCUT2D eigenvalue weighted by Crippen LogP contribution is 2.28. The zero-order chi connectivity index (χ0) is 21.4. The minimum absolute atomic E-state index is 0.0192. The lowest BCUT2D eigenvalue weighted by Crippen LogP contribution is -2.10. The average Bonchev–Trinajstić information content (AvgIpc) is 3.37. The van der Waals surface area contributed by atoms with Crippen LogP contribution >= 0.6 is 22.9 Å². The Balaban J connectivity index is 1.51. The fourth-order valence-electron chi connectivity index (χ4n) is 3.27. The van der Waals surface area contributed by atoms with Crippen LogP contribution < -0.4 is 5.32 Å². The van der Waals surface area contributed by atoms with Gasteiger partial charge in [0.15, 0.2) is 5.82 Å². The molecule has 0 aliphatic heterocycles. The van der Waals surface area contributed by atoms with Crippen LogP contribution in [0.4, 0.5) is 15.3 Å². The molecule has 4 aromatic rings. The number of benzene rings is 1. The Bertz CT molecular complexity index is 1180. The van der Waals surface area contributed by atoms with Crippen LogP contribution in [0.25, 0.3) is 0 Å². The predicted octanol–water partition coefficient (Wildman–Crippen LogP) is 5.05. The third kappa shape index (κ3) is 4.08. The summed E-state index contributed by atoms with van der Waals surface area (Å²) >= 11 is 7.59. The molecular weight excluding hydrogens is 425 g/mol. The molecule has 1 N–H and O–H groups in total. The number of halogens is 2. The summed E-state index contributed by atoms with van der Waals surface area (Å²) in [5.74, 6) is 0.264. The van der Waals surface area contributed by atoms with Gasteiger partial charge in [0.2, 0.25) is 5.13 Å². The van der Waals surface area contributed by atoms with E-state index in [0.717, 1.165) is 22.1 Å². The molecule has 3 heterocycles. The summed E-state index contributed by atoms with van der Waals surface area (Å²) in [5.41, 5.74) is 3.33. The lowest BCUT2D eigenvalue weighted by atomic mass is 10.2. The van der Waals surface area contributed by atoms with E-state index in [1.807, 2.05) is 44.5 Å². The fourth-order valence-corrected chi connectivity index (χ4v) is 4.28. The molecule has 10 heteroatoms. The lowest BCUT2D eigenvalue weighted by Gasteiger charge is -2.10. The van der Waals surface area contributed by atoms with Crippen molar-refractivity contribution >= 4 is 33.9 Å². The molecule has 30 heavy (non-hydrogen) atoms. The summed E-state index contributed by atoms with van der Waals surface area (Å²) in [5, 5.41) is 22.6. The summed E-state index contributed by atoms with van der Waals surface area (Å²) in [7, 11) is 0. The molecule has 1 atom stereocenters. The van der Waals surface area contributed by atoms with Crippen molar-refractivity contribution < 1.29 is 4.39 Å². The average molecular weight is 446 g/mol. The van der Waals surface area contributed by atoms with E-state index in [1.165, 1.54) is 17.4 Å². The maximum Gasteiger partial charge on any atom is 0.211 e. The van der Waals surface area contributed by atoms with Crippen LogP contribution in [0.3, 0.4) is 0 Å². The zero-order valence-electron chi connectivity index (χ0n) is 17.0. The first-order chi connectivity index (χ1) is 14.3. The van der Waals surface area contributed by atoms with E-state index in [9.17, 15) is 4.39 Å². The van der Waals surface area contributed by atoms with Crippen LogP contribution in [-0.2, 0) is 6.54 Å². The first-order valence-electron chi connectivity index (χ1n) is 9.42. The molecular formula is C20H21ClFN7S. The van der Waals surface area contributed by atoms with E-state index in [2.05, 4.69) is 25.7 Å². The van der Waals surface area contributed by atoms with Gasteiger partial charge in [-0.3, -0.25) is 9.36 Å². The van der Waals surface area contributed by atoms with Gasteiger partial charge in [0.25, 0.3) is 0 Å². The minimum atomic E-state index is -0.348. The third-order valence-electron chi connectivity index (χ3n) is 4.80. The molecule has 1 unspecified atom stereocenters. The van der Waals surface area contributed by atoms with Gasteiger partial charge in [-0.05, 0) is 45.9 Å². The lowest BCUT2D eigenvalue weighted by molar-refractivity contribution is 0.540. The zero-order valence-corrected chi connectivity index (χ0v) is 18.6. The number of aromatic nitrogens is 6. The molecule has 0 aliphatic rings. The molecule has 156 valence electrons. The molecule has 7 nitrogen and oxygen atoms in total. The molecule has 1 aromatic carbocycles. The van der Waals surface area contributed by atoms with E-state index in [4.69, 9.17) is 11.6 Å². The van der Waals surface area contributed by atoms with Gasteiger partial charge >= 0.3 is 0 Å². The van der Waals surface area contributed by atoms with Gasteiger partial charge in [-0.25, -0.2) is 4.39 Å². The Labute approximate surface area is 182 Å². The van der Waals surface area contributed by atoms with Gasteiger partial charge in [-0.1, -0.05) is 29.0 Å². The number of rotatable bonds is 6. The van der Waals surface area contributed by atoms with Crippen LogP contribution in [0, 0.1) is 26.6 Å². The van der Waals surface area contributed by atoms with Crippen LogP contribution in [0.15, 0.2) is 30.3 Å². The van der Waals surface area contributed by atoms with Crippen molar-refractivity contribution in [1.82, 2.24) is 29.8 Å². The number of aryl methyl sites for hydroxylation is 3. The first-order valence-corrected chi connectivity index (χ1v) is 10.6. The molecule has 4 rings (SSSR count). The summed E-state index contributed by atoms with van der Waals surface area (Å²) in [4.78, 5) is 0. The van der Waals surface area contributed by atoms with Gasteiger partial charge < -0.3 is 5.32 Å². The molecule has 3 aromatic heterocycles. The Hall–Kier alpha value is -2.78. The molecule has 0 bridgehead atoms. The molecule has 0 spiro atoms. The second kappa shape index (κ2) is 8.16. The standard InChI is InChI=1S/C20H21ClFN7S/c1-11-8-13(3)29(26-11)14(4)19-24-25-20(30-19)23-18-9-12(2)28(27-18)10-15-16(21)6-5-7-17(15)22/h5-9,14H,10H2,1-4H3,(H,23,25,27). The third-order valence-corrected chi connectivity index (χ3v) is 6.16. The fraction of sp³-hybridized carbons (Fsp3) is 0.300. The van der Waals surface area contributed by atoms with Crippen LogP contribution in [0.1, 0.15) is 40.6 Å². The molecule has 0 aliphatic carbocycles. The highest BCUT2D eigenvalue weighted by atomic mass is 35.5. The summed E-state index contributed by atoms with van der Waals surface area (Å²) < 4.78 is 17.7. The summed E-state index contributed by atoms with van der Waals surface area (Å²) in [6.45, 7) is 8.18. The highest BCUT2D eigenvalue weighted by Gasteiger charge is 2.18. The normalized spacial score (nSPS) is 12.3. The van der Waals surface area contributed by atoms with Crippen LogP contribution in [0.2, 0.25) is 5.02 Å². The second-order valence-corrected chi connectivity index (χ2v) is 8.56. The monoisotopic (exact) mass is 445 g/mol. The number of anilines is 2. The summed E-state index contributed by atoms with van der Waals surface area (Å²) in [6.07, 6.45) is 0. The van der Waals surface area contributed by atoms with Crippen molar-refractivity contribution in [3.8, 4) is 0 Å². The molecule has 0 saturated carbocycles. The van der Waals surface area contributed by atoms with Crippen molar-refractivity contribution in [2.45, 2.75) is 40.3 Å². The van der Waals surface area contributed by atoms with Crippen molar-refractivity contribution in [3.63, 3.8) is 0 Å². The van der Waals surface area contributed by atoms with E-state index in [-0.39, 0.29) is 18.4 Å². The first kappa shape index (κ1) is 20.5. The van der Waals surface area contributed by atoms with Crippen LogP contribution in [0.5, 0.6) is 0 Å². The Morgan fingerprint density at radius 3 is 2.63 bits per heavy atom. The molecule has 0 amide bonds. The van der Waals surface area contributed by atoms with Crippen molar-refractivity contribution in [2.75, 3.05) is 5.32 Å². The largest absolute Gasteiger partial charge is 0.313 e. The van der Waals surface area contributed by atoms with Gasteiger partial charge in [-0.2, -0.15) is 10.2 Å². The molecule has 0 radical (unpaired) electrons. The van der Waals surface area contributed by atoms with Crippen LogP contribution in [-0.4, -0.2) is 29.8 Å². The predicted molar refractivity (Wildman–Crippen MR) is 116 cm³/mol. The number of hydrogen-bond donors (Lipinski definition) is 1. The van der Waals surface area contributed by atoms with Crippen molar-refractivity contribution in [2.24, 2.45) is 0 Å². The van der Waals surface area contributed by atoms with Gasteiger partial charge in [0.1, 0.15) is 16.9 Å². The second-order valence-electron chi connectivity index (χ2n) is 7.15. The van der Waals surface area contributed by atoms with Gasteiger partial charge in [0.05, 0.1) is 12.2 Å². The van der Waals surface area contributed by atoms with Gasteiger partial charge in [-0.15, -0.1) is 10.2 Å². The topological polar surface area (TPSA) is 73.5 Å². The Kier molecular flexibility index (Phi) is 5.57. The Morgan fingerprint density at radius 2 is 1.93 bits per heavy atom. The smallest absolute Gasteiger partial charge is 0.211 e. The van der Waals surface area contributed by atoms with E-state index in [0.29, 0.717) is 21.5 Å². The van der Waals surface area contributed by atoms with E-state index >= 15 is 0 Å². The molecule has 0 saturated heterocycles. The van der Waals surface area contributed by atoms with Crippen molar-refractivity contribution in [3.05, 3.63) is 68.8 Å². The van der Waals surface area contributed by atoms with E-state index in [1.54, 1.807) is 16.8 Å². The number of hydrogen-bond acceptors (Lipinski definition) is 6. The molecule has 0 fully saturated rings. The van der Waals surface area contributed by atoms with E-state index < -0.39 is 0 Å². The minimum Gasteiger partial charge on any atom is -0.313 e. The number of nitrogens with one attached hydrogen (secondary N) is 1.